The summed E-state index contributed by atoms with van der Waals surface area (Å²) in [6.07, 6.45) is -0.616. The first-order chi connectivity index (χ1) is 8.86. The van der Waals surface area contributed by atoms with Crippen LogP contribution >= 0.6 is 0 Å². The van der Waals surface area contributed by atoms with Gasteiger partial charge in [-0.25, -0.2) is 0 Å². The maximum Gasteiger partial charge on any atom is 0.126 e. The molecule has 1 aromatic rings. The Labute approximate surface area is 114 Å². The highest BCUT2D eigenvalue weighted by molar-refractivity contribution is 5.42. The van der Waals surface area contributed by atoms with Gasteiger partial charge in [0.1, 0.15) is 17.5 Å². The Balaban J connectivity index is 2.40. The van der Waals surface area contributed by atoms with Crippen LogP contribution in [0.15, 0.2) is 18.2 Å². The van der Waals surface area contributed by atoms with Gasteiger partial charge >= 0.3 is 0 Å². The molecule has 2 rings (SSSR count). The number of fused-ring (bicyclic) bond motifs is 1. The molecule has 2 N–H and O–H groups in total. The number of ether oxygens (including phenoxy) is 1. The summed E-state index contributed by atoms with van der Waals surface area (Å²) in [7, 11) is 1.90. The van der Waals surface area contributed by atoms with Crippen LogP contribution in [0.4, 0.5) is 0 Å². The van der Waals surface area contributed by atoms with E-state index in [1.165, 1.54) is 0 Å². The number of aliphatic hydroxyl groups is 2. The second kappa shape index (κ2) is 5.12. The van der Waals surface area contributed by atoms with Crippen LogP contribution in [0.3, 0.4) is 0 Å². The van der Waals surface area contributed by atoms with Gasteiger partial charge in [-0.15, -0.1) is 0 Å². The second-order valence-electron chi connectivity index (χ2n) is 5.84. The van der Waals surface area contributed by atoms with Crippen molar-refractivity contribution in [3.63, 3.8) is 0 Å². The summed E-state index contributed by atoms with van der Waals surface area (Å²) in [6.45, 7) is 6.51. The summed E-state index contributed by atoms with van der Waals surface area (Å²) in [5.74, 6) is 0.747. The number of benzene rings is 1. The molecule has 106 valence electrons. The van der Waals surface area contributed by atoms with Gasteiger partial charge in [0.15, 0.2) is 0 Å². The Morgan fingerprint density at radius 3 is 2.68 bits per heavy atom. The average Bonchev–Trinajstić information content (AvgIpc) is 2.30. The normalized spacial score (nSPS) is 25.0. The molecule has 0 aromatic heterocycles. The number of aliphatic hydroxyl groups excluding tert-OH is 2. The third-order valence-corrected chi connectivity index (χ3v) is 3.80. The molecule has 0 amide bonds. The van der Waals surface area contributed by atoms with Crippen LogP contribution in [0.1, 0.15) is 31.1 Å². The molecule has 2 unspecified atom stereocenters. The first kappa shape index (κ1) is 14.3. The molecule has 1 heterocycles. The van der Waals surface area contributed by atoms with E-state index in [0.29, 0.717) is 6.54 Å². The van der Waals surface area contributed by atoms with Crippen molar-refractivity contribution >= 4 is 0 Å². The van der Waals surface area contributed by atoms with Crippen molar-refractivity contribution in [2.45, 2.75) is 38.5 Å². The highest BCUT2D eigenvalue weighted by Gasteiger charge is 2.45. The maximum absolute atomic E-state index is 10.7. The Morgan fingerprint density at radius 2 is 2.05 bits per heavy atom. The molecule has 19 heavy (non-hydrogen) atoms. The molecule has 2 atom stereocenters. The average molecular weight is 265 g/mol. The van der Waals surface area contributed by atoms with E-state index >= 15 is 0 Å². The summed E-state index contributed by atoms with van der Waals surface area (Å²) >= 11 is 0. The Bertz CT molecular complexity index is 459. The fourth-order valence-electron chi connectivity index (χ4n) is 2.95. The number of rotatable bonds is 3. The van der Waals surface area contributed by atoms with E-state index in [2.05, 4.69) is 0 Å². The summed E-state index contributed by atoms with van der Waals surface area (Å²) in [5, 5.41) is 19.8. The first-order valence-corrected chi connectivity index (χ1v) is 6.65. The zero-order valence-electron chi connectivity index (χ0n) is 12.1. The van der Waals surface area contributed by atoms with Crippen molar-refractivity contribution < 1.29 is 14.9 Å². The minimum Gasteiger partial charge on any atom is -0.486 e. The number of aryl methyl sites for hydroxylation is 1. The molecule has 0 spiro atoms. The van der Waals surface area contributed by atoms with E-state index < -0.39 is 11.7 Å². The zero-order chi connectivity index (χ0) is 14.2. The van der Waals surface area contributed by atoms with Crippen LogP contribution in [-0.2, 0) is 0 Å². The third-order valence-electron chi connectivity index (χ3n) is 3.80. The minimum atomic E-state index is -0.616. The lowest BCUT2D eigenvalue weighted by Crippen LogP contribution is -2.57. The standard InChI is InChI=1S/C15H23NO3/c1-10-5-6-12-11(9-10)13(18)14(15(2,3)19-12)16(4)7-8-17/h5-6,9,13-14,17-18H,7-8H2,1-4H3. The second-order valence-corrected chi connectivity index (χ2v) is 5.84. The maximum atomic E-state index is 10.7. The number of hydrogen-bond acceptors (Lipinski definition) is 4. The lowest BCUT2D eigenvalue weighted by molar-refractivity contribution is -0.0773. The van der Waals surface area contributed by atoms with E-state index in [9.17, 15) is 5.11 Å². The van der Waals surface area contributed by atoms with Crippen LogP contribution in [-0.4, -0.2) is 47.0 Å². The SMILES string of the molecule is Cc1ccc2c(c1)C(O)C(N(C)CCO)C(C)(C)O2. The van der Waals surface area contributed by atoms with Crippen LogP contribution in [0.2, 0.25) is 0 Å². The van der Waals surface area contributed by atoms with Crippen molar-refractivity contribution in [2.24, 2.45) is 0 Å². The van der Waals surface area contributed by atoms with Gasteiger partial charge in [0, 0.05) is 12.1 Å². The molecular formula is C15H23NO3. The smallest absolute Gasteiger partial charge is 0.126 e. The quantitative estimate of drug-likeness (QED) is 0.869. The van der Waals surface area contributed by atoms with Crippen LogP contribution in [0.25, 0.3) is 0 Å². The predicted octanol–water partition coefficient (Wildman–Crippen LogP) is 1.49. The molecule has 0 saturated carbocycles. The highest BCUT2D eigenvalue weighted by Crippen LogP contribution is 2.41. The third kappa shape index (κ3) is 2.61. The zero-order valence-corrected chi connectivity index (χ0v) is 12.1. The van der Waals surface area contributed by atoms with Crippen molar-refractivity contribution in [2.75, 3.05) is 20.2 Å². The summed E-state index contributed by atoms with van der Waals surface area (Å²) in [5.41, 5.74) is 1.42. The molecule has 0 saturated heterocycles. The molecule has 1 aliphatic heterocycles. The molecule has 1 aliphatic rings. The van der Waals surface area contributed by atoms with Gasteiger partial charge in [0.2, 0.25) is 0 Å². The van der Waals surface area contributed by atoms with Gasteiger partial charge < -0.3 is 14.9 Å². The van der Waals surface area contributed by atoms with E-state index in [-0.39, 0.29) is 12.6 Å². The first-order valence-electron chi connectivity index (χ1n) is 6.65. The van der Waals surface area contributed by atoms with Gasteiger partial charge in [-0.1, -0.05) is 11.6 Å². The van der Waals surface area contributed by atoms with Gasteiger partial charge in [0.05, 0.1) is 12.6 Å². The van der Waals surface area contributed by atoms with Crippen LogP contribution < -0.4 is 4.74 Å². The molecule has 0 bridgehead atoms. The Hall–Kier alpha value is -1.10. The highest BCUT2D eigenvalue weighted by atomic mass is 16.5. The molecule has 1 aromatic carbocycles. The largest absolute Gasteiger partial charge is 0.486 e. The van der Waals surface area contributed by atoms with Gasteiger partial charge in [-0.05, 0) is 40.0 Å². The van der Waals surface area contributed by atoms with Crippen molar-refractivity contribution in [3.05, 3.63) is 29.3 Å². The van der Waals surface area contributed by atoms with E-state index in [0.717, 1.165) is 16.9 Å². The lowest BCUT2D eigenvalue weighted by atomic mass is 9.84. The molecule has 0 fully saturated rings. The fourth-order valence-corrected chi connectivity index (χ4v) is 2.95. The lowest BCUT2D eigenvalue weighted by Gasteiger charge is -2.47. The molecule has 4 heteroatoms. The van der Waals surface area contributed by atoms with Crippen molar-refractivity contribution in [3.8, 4) is 5.75 Å². The summed E-state index contributed by atoms with van der Waals surface area (Å²) in [6, 6.07) is 5.68. The Morgan fingerprint density at radius 1 is 1.37 bits per heavy atom. The van der Waals surface area contributed by atoms with E-state index in [1.807, 2.05) is 50.9 Å². The molecule has 0 aliphatic carbocycles. The van der Waals surface area contributed by atoms with Gasteiger partial charge in [-0.3, -0.25) is 4.90 Å². The summed E-state index contributed by atoms with van der Waals surface area (Å²) in [4.78, 5) is 1.95. The molecular weight excluding hydrogens is 242 g/mol. The minimum absolute atomic E-state index is 0.0659. The molecule has 0 radical (unpaired) electrons. The fraction of sp³-hybridized carbons (Fsp3) is 0.600. The predicted molar refractivity (Wildman–Crippen MR) is 74.3 cm³/mol. The van der Waals surface area contributed by atoms with Crippen molar-refractivity contribution in [1.29, 1.82) is 0 Å². The van der Waals surface area contributed by atoms with Crippen molar-refractivity contribution in [1.82, 2.24) is 4.90 Å². The number of hydrogen-bond donors (Lipinski definition) is 2. The summed E-state index contributed by atoms with van der Waals surface area (Å²) < 4.78 is 6.04. The topological polar surface area (TPSA) is 52.9 Å². The van der Waals surface area contributed by atoms with Crippen LogP contribution in [0, 0.1) is 6.92 Å². The van der Waals surface area contributed by atoms with Gasteiger partial charge in [0.25, 0.3) is 0 Å². The van der Waals surface area contributed by atoms with Crippen LogP contribution in [0.5, 0.6) is 5.75 Å². The van der Waals surface area contributed by atoms with E-state index in [4.69, 9.17) is 9.84 Å². The molecule has 4 nitrogen and oxygen atoms in total. The van der Waals surface area contributed by atoms with E-state index in [1.54, 1.807) is 0 Å². The monoisotopic (exact) mass is 265 g/mol. The Kier molecular flexibility index (Phi) is 3.85. The number of nitrogens with zero attached hydrogens (tertiary/aromatic N) is 1. The number of likely N-dealkylation sites (N-methyl/N-ethyl adjacent to an activating group) is 1. The van der Waals surface area contributed by atoms with Gasteiger partial charge in [-0.2, -0.15) is 0 Å².